The predicted octanol–water partition coefficient (Wildman–Crippen LogP) is 3.26. The van der Waals surface area contributed by atoms with Crippen LogP contribution >= 0.6 is 0 Å². The molecule has 0 spiro atoms. The molecule has 2 fully saturated rings. The van der Waals surface area contributed by atoms with E-state index in [-0.39, 0.29) is 5.41 Å². The molecule has 0 N–H and O–H groups in total. The van der Waals surface area contributed by atoms with Gasteiger partial charge in [0.2, 0.25) is 0 Å². The van der Waals surface area contributed by atoms with Crippen molar-refractivity contribution in [3.63, 3.8) is 0 Å². The highest BCUT2D eigenvalue weighted by Gasteiger charge is 2.44. The van der Waals surface area contributed by atoms with E-state index in [0.29, 0.717) is 24.4 Å². The van der Waals surface area contributed by atoms with E-state index >= 15 is 0 Å². The third-order valence-electron chi connectivity index (χ3n) is 4.78. The number of ketones is 1. The second-order valence-corrected chi connectivity index (χ2v) is 6.01. The third-order valence-corrected chi connectivity index (χ3v) is 4.78. The molecule has 0 amide bonds. The number of Topliss-reactive ketones (excluding diaryl/α,β-unsaturated/α-hetero) is 1. The van der Waals surface area contributed by atoms with Gasteiger partial charge in [-0.15, -0.1) is 0 Å². The maximum Gasteiger partial charge on any atom is 0.145 e. The Labute approximate surface area is 103 Å². The van der Waals surface area contributed by atoms with Gasteiger partial charge in [0.25, 0.3) is 0 Å². The first-order chi connectivity index (χ1) is 8.28. The highest BCUT2D eigenvalue weighted by molar-refractivity contribution is 5.89. The summed E-state index contributed by atoms with van der Waals surface area (Å²) in [6.45, 7) is 0.639. The van der Waals surface area contributed by atoms with Gasteiger partial charge in [-0.3, -0.25) is 4.79 Å². The van der Waals surface area contributed by atoms with Crippen LogP contribution in [0.15, 0.2) is 12.2 Å². The minimum absolute atomic E-state index is 0.244. The molecule has 0 aromatic rings. The first-order valence-corrected chi connectivity index (χ1v) is 7.13. The number of carbonyl (C=O) groups is 1. The molecular weight excluding hydrogens is 212 g/mol. The highest BCUT2D eigenvalue weighted by Crippen LogP contribution is 2.43. The number of carbonyl (C=O) groups excluding carboxylic acids is 1. The number of ether oxygens (including phenoxy) is 1. The smallest absolute Gasteiger partial charge is 0.145 e. The maximum absolute atomic E-state index is 12.1. The van der Waals surface area contributed by atoms with Gasteiger partial charge in [-0.2, -0.15) is 0 Å². The summed E-state index contributed by atoms with van der Waals surface area (Å²) in [4.78, 5) is 12.1. The molecule has 4 rings (SSSR count). The fraction of sp³-hybridized carbons (Fsp3) is 0.800. The lowest BCUT2D eigenvalue weighted by Gasteiger charge is -2.41. The van der Waals surface area contributed by atoms with Crippen LogP contribution < -0.4 is 0 Å². The van der Waals surface area contributed by atoms with Crippen LogP contribution in [0, 0.1) is 11.3 Å². The average molecular weight is 234 g/mol. The highest BCUT2D eigenvalue weighted by atomic mass is 16.5. The zero-order valence-corrected chi connectivity index (χ0v) is 10.5. The molecule has 0 aromatic carbocycles. The molecular formula is C15H22O2. The summed E-state index contributed by atoms with van der Waals surface area (Å²) in [5, 5.41) is 0. The molecule has 0 aliphatic heterocycles. The molecule has 2 unspecified atom stereocenters. The van der Waals surface area contributed by atoms with E-state index in [4.69, 9.17) is 4.74 Å². The fourth-order valence-corrected chi connectivity index (χ4v) is 3.49. The van der Waals surface area contributed by atoms with Crippen LogP contribution in [-0.4, -0.2) is 18.5 Å². The van der Waals surface area contributed by atoms with Gasteiger partial charge in [-0.05, 0) is 31.6 Å². The molecule has 0 radical (unpaired) electrons. The number of fused-ring (bicyclic) bond motifs is 2. The topological polar surface area (TPSA) is 26.3 Å². The van der Waals surface area contributed by atoms with Gasteiger partial charge in [-0.1, -0.05) is 31.4 Å². The molecule has 17 heavy (non-hydrogen) atoms. The van der Waals surface area contributed by atoms with Crippen molar-refractivity contribution in [1.82, 2.24) is 0 Å². The largest absolute Gasteiger partial charge is 0.377 e. The Balaban J connectivity index is 1.61. The normalized spacial score (nSPS) is 37.6. The van der Waals surface area contributed by atoms with Crippen molar-refractivity contribution in [3.05, 3.63) is 12.2 Å². The van der Waals surface area contributed by atoms with Gasteiger partial charge >= 0.3 is 0 Å². The van der Waals surface area contributed by atoms with Crippen LogP contribution in [0.1, 0.15) is 51.4 Å². The monoisotopic (exact) mass is 234 g/mol. The summed E-state index contributed by atoms with van der Waals surface area (Å²) in [7, 11) is 0. The van der Waals surface area contributed by atoms with Crippen molar-refractivity contribution >= 4 is 5.78 Å². The van der Waals surface area contributed by atoms with Crippen molar-refractivity contribution < 1.29 is 9.53 Å². The Kier molecular flexibility index (Phi) is 3.08. The van der Waals surface area contributed by atoms with E-state index in [9.17, 15) is 4.79 Å². The van der Waals surface area contributed by atoms with Gasteiger partial charge in [0.1, 0.15) is 5.78 Å². The van der Waals surface area contributed by atoms with Crippen LogP contribution in [0.5, 0.6) is 0 Å². The molecule has 0 saturated heterocycles. The predicted molar refractivity (Wildman–Crippen MR) is 66.7 cm³/mol. The lowest BCUT2D eigenvalue weighted by Crippen LogP contribution is -2.43. The summed E-state index contributed by atoms with van der Waals surface area (Å²) >= 11 is 0. The van der Waals surface area contributed by atoms with Crippen LogP contribution in [0.2, 0.25) is 0 Å². The Morgan fingerprint density at radius 1 is 1.24 bits per heavy atom. The van der Waals surface area contributed by atoms with Crippen LogP contribution in [0.25, 0.3) is 0 Å². The van der Waals surface area contributed by atoms with Crippen molar-refractivity contribution in [2.24, 2.45) is 11.3 Å². The van der Waals surface area contributed by atoms with Gasteiger partial charge in [0.15, 0.2) is 0 Å². The minimum Gasteiger partial charge on any atom is -0.377 e. The van der Waals surface area contributed by atoms with Crippen LogP contribution in [0.3, 0.4) is 0 Å². The van der Waals surface area contributed by atoms with E-state index in [1.807, 2.05) is 0 Å². The minimum atomic E-state index is -0.244. The molecule has 0 heterocycles. The molecule has 2 saturated carbocycles. The fourth-order valence-electron chi connectivity index (χ4n) is 3.49. The zero-order valence-electron chi connectivity index (χ0n) is 10.5. The van der Waals surface area contributed by atoms with Gasteiger partial charge in [0.05, 0.1) is 18.1 Å². The summed E-state index contributed by atoms with van der Waals surface area (Å²) in [5.74, 6) is 0.950. The summed E-state index contributed by atoms with van der Waals surface area (Å²) < 4.78 is 6.04. The number of hydrogen-bond donors (Lipinski definition) is 0. The third kappa shape index (κ3) is 2.20. The lowest BCUT2D eigenvalue weighted by molar-refractivity contribution is -0.136. The Morgan fingerprint density at radius 3 is 2.71 bits per heavy atom. The van der Waals surface area contributed by atoms with Gasteiger partial charge in [-0.25, -0.2) is 0 Å². The number of rotatable bonds is 3. The molecule has 4 aliphatic carbocycles. The van der Waals surface area contributed by atoms with Gasteiger partial charge in [0, 0.05) is 6.42 Å². The summed E-state index contributed by atoms with van der Waals surface area (Å²) in [6.07, 6.45) is 14.1. The maximum atomic E-state index is 12.1. The molecule has 2 atom stereocenters. The van der Waals surface area contributed by atoms with Crippen molar-refractivity contribution in [2.45, 2.75) is 57.5 Å². The first kappa shape index (κ1) is 11.5. The van der Waals surface area contributed by atoms with E-state index in [2.05, 4.69) is 12.2 Å². The Bertz CT molecular complexity index is 328. The van der Waals surface area contributed by atoms with Crippen molar-refractivity contribution in [1.29, 1.82) is 0 Å². The van der Waals surface area contributed by atoms with E-state index < -0.39 is 0 Å². The first-order valence-electron chi connectivity index (χ1n) is 7.13. The second-order valence-electron chi connectivity index (χ2n) is 6.01. The molecule has 2 bridgehead atoms. The lowest BCUT2D eigenvalue weighted by atomic mass is 9.65. The molecule has 4 aliphatic rings. The summed E-state index contributed by atoms with van der Waals surface area (Å²) in [6, 6.07) is 0. The Hall–Kier alpha value is -0.630. The van der Waals surface area contributed by atoms with Crippen LogP contribution in [0.4, 0.5) is 0 Å². The number of hydrogen-bond acceptors (Lipinski definition) is 2. The molecule has 0 aromatic heterocycles. The van der Waals surface area contributed by atoms with Crippen LogP contribution in [-0.2, 0) is 9.53 Å². The van der Waals surface area contributed by atoms with E-state index in [0.717, 1.165) is 12.8 Å². The summed E-state index contributed by atoms with van der Waals surface area (Å²) in [5.41, 5.74) is -0.244. The van der Waals surface area contributed by atoms with Crippen molar-refractivity contribution in [2.75, 3.05) is 6.61 Å². The van der Waals surface area contributed by atoms with E-state index in [1.54, 1.807) is 0 Å². The van der Waals surface area contributed by atoms with Gasteiger partial charge < -0.3 is 4.74 Å². The Morgan fingerprint density at radius 2 is 2.06 bits per heavy atom. The average Bonchev–Trinajstić information content (AvgIpc) is 2.39. The molecule has 2 heteroatoms. The quantitative estimate of drug-likeness (QED) is 0.701. The molecule has 94 valence electrons. The van der Waals surface area contributed by atoms with Crippen molar-refractivity contribution in [3.8, 4) is 0 Å². The zero-order chi connectivity index (χ0) is 11.7. The number of allylic oxidation sites excluding steroid dienone is 1. The SMILES string of the molecule is O=C1CC2C=CC1(COC1CCCCC1)CC2. The molecule has 2 nitrogen and oxygen atoms in total. The second kappa shape index (κ2) is 4.56. The van der Waals surface area contributed by atoms with E-state index in [1.165, 1.54) is 38.5 Å². The standard InChI is InChI=1S/C15H22O2/c16-14-10-12-6-8-15(14,9-7-12)11-17-13-4-2-1-3-5-13/h6,8,12-13H,1-5,7,9-11H2.